The summed E-state index contributed by atoms with van der Waals surface area (Å²) >= 11 is 1.45. The van der Waals surface area contributed by atoms with Crippen molar-refractivity contribution in [2.45, 2.75) is 11.8 Å². The molecule has 0 amide bonds. The lowest BCUT2D eigenvalue weighted by molar-refractivity contribution is 0.0926. The Bertz CT molecular complexity index is 954. The van der Waals surface area contributed by atoms with Crippen LogP contribution in [0.4, 0.5) is 0 Å². The summed E-state index contributed by atoms with van der Waals surface area (Å²) < 4.78 is 30.1. The molecule has 0 radical (unpaired) electrons. The molecule has 0 unspecified atom stereocenters. The Hall–Kier alpha value is -2.02. The van der Waals surface area contributed by atoms with Gasteiger partial charge in [-0.25, -0.2) is 0 Å². The zero-order valence-corrected chi connectivity index (χ0v) is 14.0. The number of carbonyl (C=O) groups excluding carboxylic acids is 1. The molecule has 0 aliphatic rings. The Morgan fingerprint density at radius 3 is 2.52 bits per heavy atom. The fourth-order valence-electron chi connectivity index (χ4n) is 2.18. The number of rotatable bonds is 5. The topological polar surface area (TPSA) is 60.4 Å². The van der Waals surface area contributed by atoms with Crippen LogP contribution in [0.2, 0.25) is 0 Å². The van der Waals surface area contributed by atoms with Gasteiger partial charge in [-0.1, -0.05) is 35.9 Å². The van der Waals surface area contributed by atoms with Crippen LogP contribution in [0.15, 0.2) is 58.8 Å². The van der Waals surface area contributed by atoms with Gasteiger partial charge in [0.15, 0.2) is 5.78 Å². The van der Waals surface area contributed by atoms with Crippen molar-refractivity contribution < 1.29 is 17.4 Å². The van der Waals surface area contributed by atoms with Crippen LogP contribution in [0.25, 0.3) is 10.1 Å². The molecule has 3 aromatic rings. The minimum absolute atomic E-state index is 0.0473. The van der Waals surface area contributed by atoms with E-state index in [2.05, 4.69) is 0 Å². The number of carbonyl (C=O) groups is 1. The third kappa shape index (κ3) is 3.34. The predicted octanol–water partition coefficient (Wildman–Crippen LogP) is 3.80. The smallest absolute Gasteiger partial charge is 0.291 e. The Labute approximate surface area is 138 Å². The molecule has 0 saturated heterocycles. The second-order valence-corrected chi connectivity index (χ2v) is 7.62. The number of ketones is 1. The lowest BCUT2D eigenvalue weighted by atomic mass is 10.1. The van der Waals surface area contributed by atoms with Crippen LogP contribution in [0.1, 0.15) is 15.9 Å². The van der Waals surface area contributed by atoms with Gasteiger partial charge in [-0.2, -0.15) is 8.42 Å². The Morgan fingerprint density at radius 2 is 1.78 bits per heavy atom. The zero-order chi connectivity index (χ0) is 16.4. The van der Waals surface area contributed by atoms with Gasteiger partial charge in [-0.05, 0) is 25.1 Å². The first-order chi connectivity index (χ1) is 11.0. The van der Waals surface area contributed by atoms with Crippen molar-refractivity contribution in [3.05, 3.63) is 65.0 Å². The lowest BCUT2D eigenvalue weighted by Gasteiger charge is -2.05. The fraction of sp³-hybridized carbons (Fsp3) is 0.118. The van der Waals surface area contributed by atoms with E-state index in [0.717, 1.165) is 15.6 Å². The van der Waals surface area contributed by atoms with E-state index in [4.69, 9.17) is 4.18 Å². The van der Waals surface area contributed by atoms with Crippen LogP contribution in [0.3, 0.4) is 0 Å². The van der Waals surface area contributed by atoms with Crippen LogP contribution in [0, 0.1) is 6.92 Å². The van der Waals surface area contributed by atoms with Crippen molar-refractivity contribution in [3.8, 4) is 0 Å². The molecule has 6 heteroatoms. The first-order valence-corrected chi connectivity index (χ1v) is 9.22. The number of hydrogen-bond donors (Lipinski definition) is 0. The molecule has 3 rings (SSSR count). The summed E-state index contributed by atoms with van der Waals surface area (Å²) in [5.74, 6) is -0.349. The largest absolute Gasteiger partial charge is 0.297 e. The maximum absolute atomic E-state index is 12.3. The number of hydrogen-bond acceptors (Lipinski definition) is 5. The van der Waals surface area contributed by atoms with Gasteiger partial charge in [0.25, 0.3) is 10.1 Å². The quantitative estimate of drug-likeness (QED) is 0.521. The van der Waals surface area contributed by atoms with E-state index < -0.39 is 16.7 Å². The van der Waals surface area contributed by atoms with Gasteiger partial charge in [0.2, 0.25) is 0 Å². The van der Waals surface area contributed by atoms with Crippen molar-refractivity contribution in [1.82, 2.24) is 0 Å². The molecule has 0 aliphatic heterocycles. The second kappa shape index (κ2) is 6.23. The highest BCUT2D eigenvalue weighted by Crippen LogP contribution is 2.26. The van der Waals surface area contributed by atoms with Crippen molar-refractivity contribution in [2.24, 2.45) is 0 Å². The van der Waals surface area contributed by atoms with Gasteiger partial charge in [0.1, 0.15) is 6.61 Å². The molecular weight excluding hydrogens is 332 g/mol. The van der Waals surface area contributed by atoms with E-state index in [9.17, 15) is 13.2 Å². The van der Waals surface area contributed by atoms with E-state index in [0.29, 0.717) is 5.56 Å². The number of aryl methyl sites for hydroxylation is 1. The van der Waals surface area contributed by atoms with Crippen molar-refractivity contribution in [2.75, 3.05) is 6.61 Å². The van der Waals surface area contributed by atoms with Gasteiger partial charge in [-0.3, -0.25) is 8.98 Å². The minimum atomic E-state index is -3.93. The molecule has 0 saturated carbocycles. The average Bonchev–Trinajstić information content (AvgIpc) is 2.97. The normalized spacial score (nSPS) is 11.7. The Morgan fingerprint density at radius 1 is 1.09 bits per heavy atom. The maximum Gasteiger partial charge on any atom is 0.297 e. The molecule has 0 atom stereocenters. The van der Waals surface area contributed by atoms with E-state index >= 15 is 0 Å². The SMILES string of the molecule is Cc1ccc(S(=O)(=O)OCC(=O)c2csc3ccccc23)cc1. The molecule has 0 spiro atoms. The molecule has 0 N–H and O–H groups in total. The van der Waals surface area contributed by atoms with Crippen LogP contribution < -0.4 is 0 Å². The minimum Gasteiger partial charge on any atom is -0.291 e. The average molecular weight is 346 g/mol. The summed E-state index contributed by atoms with van der Waals surface area (Å²) in [6.07, 6.45) is 0. The van der Waals surface area contributed by atoms with Gasteiger partial charge < -0.3 is 0 Å². The molecular formula is C17H14O4S2. The molecule has 0 bridgehead atoms. The highest BCUT2D eigenvalue weighted by atomic mass is 32.2. The third-order valence-corrected chi connectivity index (χ3v) is 5.68. The van der Waals surface area contributed by atoms with Gasteiger partial charge >= 0.3 is 0 Å². The summed E-state index contributed by atoms with van der Waals surface area (Å²) in [7, 11) is -3.93. The van der Waals surface area contributed by atoms with Gasteiger partial charge in [0, 0.05) is 21.0 Å². The molecule has 0 aliphatic carbocycles. The summed E-state index contributed by atoms with van der Waals surface area (Å²) in [4.78, 5) is 12.3. The van der Waals surface area contributed by atoms with E-state index in [-0.39, 0.29) is 10.7 Å². The highest BCUT2D eigenvalue weighted by Gasteiger charge is 2.19. The Kier molecular flexibility index (Phi) is 4.30. The summed E-state index contributed by atoms with van der Waals surface area (Å²) in [5.41, 5.74) is 1.44. The molecule has 0 fully saturated rings. The van der Waals surface area contributed by atoms with Gasteiger partial charge in [-0.15, -0.1) is 11.3 Å². The van der Waals surface area contributed by atoms with E-state index in [1.807, 2.05) is 31.2 Å². The van der Waals surface area contributed by atoms with Crippen LogP contribution in [-0.2, 0) is 14.3 Å². The number of fused-ring (bicyclic) bond motifs is 1. The monoisotopic (exact) mass is 346 g/mol. The first kappa shape index (κ1) is 15.9. The summed E-state index contributed by atoms with van der Waals surface area (Å²) in [5, 5.41) is 2.55. The van der Waals surface area contributed by atoms with E-state index in [1.165, 1.54) is 23.5 Å². The standard InChI is InChI=1S/C17H14O4S2/c1-12-6-8-13(9-7-12)23(19,20)21-10-16(18)15-11-22-17-5-3-2-4-14(15)17/h2-9,11H,10H2,1H3. The third-order valence-electron chi connectivity index (χ3n) is 3.44. The molecule has 23 heavy (non-hydrogen) atoms. The van der Waals surface area contributed by atoms with Crippen molar-refractivity contribution in [1.29, 1.82) is 0 Å². The van der Waals surface area contributed by atoms with Crippen LogP contribution in [-0.4, -0.2) is 20.8 Å². The van der Waals surface area contributed by atoms with Crippen molar-refractivity contribution in [3.63, 3.8) is 0 Å². The maximum atomic E-state index is 12.3. The number of benzene rings is 2. The number of Topliss-reactive ketones (excluding diaryl/α,β-unsaturated/α-hetero) is 1. The molecule has 1 aromatic heterocycles. The summed E-state index contributed by atoms with van der Waals surface area (Å²) in [6, 6.07) is 13.8. The predicted molar refractivity (Wildman–Crippen MR) is 90.5 cm³/mol. The van der Waals surface area contributed by atoms with Crippen molar-refractivity contribution >= 4 is 37.3 Å². The highest BCUT2D eigenvalue weighted by molar-refractivity contribution is 7.86. The first-order valence-electron chi connectivity index (χ1n) is 6.93. The molecule has 118 valence electrons. The molecule has 4 nitrogen and oxygen atoms in total. The second-order valence-electron chi connectivity index (χ2n) is 5.10. The number of thiophene rings is 1. The van der Waals surface area contributed by atoms with Crippen LogP contribution in [0.5, 0.6) is 0 Å². The van der Waals surface area contributed by atoms with Crippen LogP contribution >= 0.6 is 11.3 Å². The van der Waals surface area contributed by atoms with Gasteiger partial charge in [0.05, 0.1) is 4.90 Å². The fourth-order valence-corrected chi connectivity index (χ4v) is 4.01. The lowest BCUT2D eigenvalue weighted by Crippen LogP contribution is -2.14. The molecule has 2 aromatic carbocycles. The summed E-state index contributed by atoms with van der Waals surface area (Å²) in [6.45, 7) is 1.36. The molecule has 1 heterocycles. The zero-order valence-electron chi connectivity index (χ0n) is 12.4. The Balaban J connectivity index is 1.77. The van der Waals surface area contributed by atoms with E-state index in [1.54, 1.807) is 17.5 Å².